The van der Waals surface area contributed by atoms with Crippen LogP contribution in [0.4, 0.5) is 0 Å². The molecule has 0 N–H and O–H groups in total. The van der Waals surface area contributed by atoms with Gasteiger partial charge < -0.3 is 18.5 Å². The summed E-state index contributed by atoms with van der Waals surface area (Å²) in [5.41, 5.74) is 0. The number of carbonyl (C=O) groups is 1. The number of nitrogens with zero attached hydrogens (tertiary/aromatic N) is 3. The summed E-state index contributed by atoms with van der Waals surface area (Å²) in [4.78, 5) is 14.3. The van der Waals surface area contributed by atoms with Gasteiger partial charge >= 0.3 is 0 Å². The van der Waals surface area contributed by atoms with Crippen molar-refractivity contribution in [1.82, 2.24) is 15.1 Å². The van der Waals surface area contributed by atoms with Gasteiger partial charge in [-0.3, -0.25) is 4.79 Å². The van der Waals surface area contributed by atoms with Crippen LogP contribution in [-0.2, 0) is 16.0 Å². The fraction of sp³-hybridized carbons (Fsp3) is 0.562. The second kappa shape index (κ2) is 6.95. The Kier molecular flexibility index (Phi) is 4.76. The minimum atomic E-state index is -0.312. The van der Waals surface area contributed by atoms with Crippen molar-refractivity contribution in [2.45, 2.75) is 38.6 Å². The maximum Gasteiger partial charge on any atom is 0.241 e. The van der Waals surface area contributed by atoms with Crippen LogP contribution in [0.25, 0.3) is 0 Å². The number of ether oxygens (including phenoxy) is 1. The molecule has 0 aromatic carbocycles. The first-order chi connectivity index (χ1) is 11.1. The Morgan fingerprint density at radius 3 is 3.00 bits per heavy atom. The van der Waals surface area contributed by atoms with E-state index in [0.717, 1.165) is 5.76 Å². The average Bonchev–Trinajstić information content (AvgIpc) is 3.24. The second-order valence-corrected chi connectivity index (χ2v) is 5.89. The van der Waals surface area contributed by atoms with Gasteiger partial charge in [-0.25, -0.2) is 0 Å². The SMILES string of the molecule is CC(C)c1nnc([C@H]2COCCN2C(=O)CCc2ccco2)o1. The highest BCUT2D eigenvalue weighted by molar-refractivity contribution is 5.77. The lowest BCUT2D eigenvalue weighted by atomic mass is 10.1. The predicted octanol–water partition coefficient (Wildman–Crippen LogP) is 2.32. The fourth-order valence-corrected chi connectivity index (χ4v) is 2.55. The quantitative estimate of drug-likeness (QED) is 0.841. The smallest absolute Gasteiger partial charge is 0.241 e. The van der Waals surface area contributed by atoms with Gasteiger partial charge in [-0.1, -0.05) is 13.8 Å². The summed E-state index contributed by atoms with van der Waals surface area (Å²) in [7, 11) is 0. The van der Waals surface area contributed by atoms with Crippen molar-refractivity contribution in [3.8, 4) is 0 Å². The van der Waals surface area contributed by atoms with Crippen molar-refractivity contribution in [2.75, 3.05) is 19.8 Å². The van der Waals surface area contributed by atoms with Crippen molar-refractivity contribution in [3.05, 3.63) is 35.9 Å². The zero-order valence-corrected chi connectivity index (χ0v) is 13.4. The Morgan fingerprint density at radius 2 is 2.30 bits per heavy atom. The maximum atomic E-state index is 12.6. The Balaban J connectivity index is 1.68. The van der Waals surface area contributed by atoms with Gasteiger partial charge in [0.05, 0.1) is 19.5 Å². The van der Waals surface area contributed by atoms with E-state index >= 15 is 0 Å². The van der Waals surface area contributed by atoms with Crippen molar-refractivity contribution >= 4 is 5.91 Å². The molecule has 1 aliphatic heterocycles. The van der Waals surface area contributed by atoms with Crippen LogP contribution in [0, 0.1) is 0 Å². The molecule has 7 nitrogen and oxygen atoms in total. The molecular formula is C16H21N3O4. The monoisotopic (exact) mass is 319 g/mol. The van der Waals surface area contributed by atoms with E-state index in [0.29, 0.717) is 44.4 Å². The van der Waals surface area contributed by atoms with E-state index in [1.54, 1.807) is 11.2 Å². The van der Waals surface area contributed by atoms with Gasteiger partial charge in [0.15, 0.2) is 0 Å². The van der Waals surface area contributed by atoms with E-state index in [4.69, 9.17) is 13.6 Å². The molecule has 0 unspecified atom stereocenters. The molecule has 7 heteroatoms. The topological polar surface area (TPSA) is 81.6 Å². The standard InChI is InChI=1S/C16H21N3O4/c1-11(2)15-17-18-16(23-15)13-10-21-9-7-19(13)14(20)6-5-12-4-3-8-22-12/h3-4,8,11,13H,5-7,9-10H2,1-2H3/t13-/m1/s1. The zero-order chi connectivity index (χ0) is 16.2. The minimum Gasteiger partial charge on any atom is -0.469 e. The highest BCUT2D eigenvalue weighted by Gasteiger charge is 2.32. The summed E-state index contributed by atoms with van der Waals surface area (Å²) in [6.45, 7) is 5.41. The van der Waals surface area contributed by atoms with E-state index < -0.39 is 0 Å². The number of amides is 1. The van der Waals surface area contributed by atoms with Crippen molar-refractivity contribution in [1.29, 1.82) is 0 Å². The zero-order valence-electron chi connectivity index (χ0n) is 13.4. The molecule has 2 aromatic heterocycles. The van der Waals surface area contributed by atoms with E-state index in [1.165, 1.54) is 0 Å². The van der Waals surface area contributed by atoms with Gasteiger partial charge in [0.2, 0.25) is 17.7 Å². The summed E-state index contributed by atoms with van der Waals surface area (Å²) < 4.78 is 16.5. The number of rotatable bonds is 5. The van der Waals surface area contributed by atoms with Gasteiger partial charge in [0, 0.05) is 25.3 Å². The number of aryl methyl sites for hydroxylation is 1. The highest BCUT2D eigenvalue weighted by Crippen LogP contribution is 2.26. The molecule has 0 aliphatic carbocycles. The molecule has 0 spiro atoms. The molecule has 1 saturated heterocycles. The maximum absolute atomic E-state index is 12.6. The number of morpholine rings is 1. The number of hydrogen-bond acceptors (Lipinski definition) is 6. The largest absolute Gasteiger partial charge is 0.469 e. The first kappa shape index (κ1) is 15.7. The van der Waals surface area contributed by atoms with Crippen LogP contribution in [0.1, 0.15) is 49.8 Å². The molecular weight excluding hydrogens is 298 g/mol. The van der Waals surface area contributed by atoms with E-state index in [1.807, 2.05) is 26.0 Å². The van der Waals surface area contributed by atoms with Crippen LogP contribution in [0.15, 0.2) is 27.2 Å². The molecule has 1 aliphatic rings. The predicted molar refractivity (Wildman–Crippen MR) is 80.7 cm³/mol. The minimum absolute atomic E-state index is 0.0407. The first-order valence-electron chi connectivity index (χ1n) is 7.88. The Morgan fingerprint density at radius 1 is 1.43 bits per heavy atom. The fourth-order valence-electron chi connectivity index (χ4n) is 2.55. The van der Waals surface area contributed by atoms with E-state index in [9.17, 15) is 4.79 Å². The Labute approximate surface area is 134 Å². The first-order valence-corrected chi connectivity index (χ1v) is 7.88. The van der Waals surface area contributed by atoms with Crippen molar-refractivity contribution in [3.63, 3.8) is 0 Å². The second-order valence-electron chi connectivity index (χ2n) is 5.89. The van der Waals surface area contributed by atoms with Crippen LogP contribution in [0.5, 0.6) is 0 Å². The molecule has 2 aromatic rings. The lowest BCUT2D eigenvalue weighted by molar-refractivity contribution is -0.141. The van der Waals surface area contributed by atoms with Crippen molar-refractivity contribution < 1.29 is 18.4 Å². The third-order valence-electron chi connectivity index (χ3n) is 3.85. The number of carbonyl (C=O) groups excluding carboxylic acids is 1. The lowest BCUT2D eigenvalue weighted by Gasteiger charge is -2.33. The molecule has 23 heavy (non-hydrogen) atoms. The molecule has 1 fully saturated rings. The molecule has 124 valence electrons. The molecule has 0 bridgehead atoms. The number of aromatic nitrogens is 2. The van der Waals surface area contributed by atoms with E-state index in [2.05, 4.69) is 10.2 Å². The van der Waals surface area contributed by atoms with Crippen LogP contribution < -0.4 is 0 Å². The summed E-state index contributed by atoms with van der Waals surface area (Å²) in [6.07, 6.45) is 2.58. The Bertz CT molecular complexity index is 636. The summed E-state index contributed by atoms with van der Waals surface area (Å²) >= 11 is 0. The normalized spacial score (nSPS) is 18.6. The molecule has 3 rings (SSSR count). The summed E-state index contributed by atoms with van der Waals surface area (Å²) in [5.74, 6) is 2.03. The Hall–Kier alpha value is -2.15. The number of hydrogen-bond donors (Lipinski definition) is 0. The summed E-state index contributed by atoms with van der Waals surface area (Å²) in [6, 6.07) is 3.38. The number of furan rings is 1. The van der Waals surface area contributed by atoms with Gasteiger partial charge in [-0.15, -0.1) is 10.2 Å². The third-order valence-corrected chi connectivity index (χ3v) is 3.85. The van der Waals surface area contributed by atoms with Crippen LogP contribution in [-0.4, -0.2) is 40.8 Å². The molecule has 1 amide bonds. The molecule has 3 heterocycles. The van der Waals surface area contributed by atoms with Gasteiger partial charge in [-0.05, 0) is 12.1 Å². The van der Waals surface area contributed by atoms with E-state index in [-0.39, 0.29) is 17.9 Å². The average molecular weight is 319 g/mol. The molecule has 1 atom stereocenters. The van der Waals surface area contributed by atoms with Crippen LogP contribution >= 0.6 is 0 Å². The highest BCUT2D eigenvalue weighted by atomic mass is 16.5. The lowest BCUT2D eigenvalue weighted by Crippen LogP contribution is -2.43. The van der Waals surface area contributed by atoms with Gasteiger partial charge in [0.25, 0.3) is 0 Å². The summed E-state index contributed by atoms with van der Waals surface area (Å²) in [5, 5.41) is 8.14. The van der Waals surface area contributed by atoms with Crippen molar-refractivity contribution in [2.24, 2.45) is 0 Å². The molecule has 0 saturated carbocycles. The third kappa shape index (κ3) is 3.61. The molecule has 0 radical (unpaired) electrons. The van der Waals surface area contributed by atoms with Gasteiger partial charge in [-0.2, -0.15) is 0 Å². The van der Waals surface area contributed by atoms with Gasteiger partial charge in [0.1, 0.15) is 11.8 Å². The van der Waals surface area contributed by atoms with Crippen LogP contribution in [0.3, 0.4) is 0 Å². The van der Waals surface area contributed by atoms with Crippen LogP contribution in [0.2, 0.25) is 0 Å².